The van der Waals surface area contributed by atoms with Crippen molar-refractivity contribution in [3.8, 4) is 11.4 Å². The molecule has 0 unspecified atom stereocenters. The highest BCUT2D eigenvalue weighted by molar-refractivity contribution is 6.30. The van der Waals surface area contributed by atoms with E-state index >= 15 is 0 Å². The normalized spacial score (nSPS) is 10.6. The minimum Gasteiger partial charge on any atom is -0.481 e. The number of carbonyl (C=O) groups is 1. The van der Waals surface area contributed by atoms with Crippen LogP contribution < -0.4 is 0 Å². The summed E-state index contributed by atoms with van der Waals surface area (Å²) in [5.74, 6) is -0.173. The Bertz CT molecular complexity index is 566. The Balaban J connectivity index is 2.33. The van der Waals surface area contributed by atoms with Crippen LogP contribution in [0.25, 0.3) is 11.4 Å². The molecule has 0 saturated carbocycles. The zero-order valence-electron chi connectivity index (χ0n) is 9.80. The van der Waals surface area contributed by atoms with Crippen LogP contribution in [0.4, 0.5) is 0 Å². The molecule has 0 aliphatic carbocycles. The Labute approximate surface area is 109 Å². The second-order valence-corrected chi connectivity index (χ2v) is 4.23. The van der Waals surface area contributed by atoms with Gasteiger partial charge >= 0.3 is 5.97 Å². The Morgan fingerprint density at radius 1 is 1.56 bits per heavy atom. The van der Waals surface area contributed by atoms with Gasteiger partial charge in [-0.2, -0.15) is 0 Å². The van der Waals surface area contributed by atoms with Crippen molar-refractivity contribution < 1.29 is 9.90 Å². The summed E-state index contributed by atoms with van der Waals surface area (Å²) >= 11 is 6.13. The molecule has 1 N–H and O–H groups in total. The third-order valence-electron chi connectivity index (χ3n) is 2.59. The summed E-state index contributed by atoms with van der Waals surface area (Å²) in [5.41, 5.74) is 1.45. The van der Waals surface area contributed by atoms with Crippen molar-refractivity contribution >= 4 is 17.6 Å². The van der Waals surface area contributed by atoms with E-state index < -0.39 is 5.97 Å². The molecule has 0 aromatic carbocycles. The lowest BCUT2D eigenvalue weighted by Gasteiger charge is -2.00. The topological polar surface area (TPSA) is 68.0 Å². The van der Waals surface area contributed by atoms with Gasteiger partial charge in [0, 0.05) is 31.4 Å². The number of aliphatic carboxylic acids is 1. The Hall–Kier alpha value is -1.88. The quantitative estimate of drug-likeness (QED) is 0.920. The van der Waals surface area contributed by atoms with E-state index in [1.54, 1.807) is 24.0 Å². The number of aromatic nitrogens is 3. The fourth-order valence-corrected chi connectivity index (χ4v) is 1.89. The number of hydrogen-bond donors (Lipinski definition) is 1. The number of carboxylic acids is 1. The third kappa shape index (κ3) is 2.51. The predicted molar refractivity (Wildman–Crippen MR) is 67.4 cm³/mol. The van der Waals surface area contributed by atoms with Gasteiger partial charge in [-0.3, -0.25) is 9.78 Å². The smallest absolute Gasteiger partial charge is 0.303 e. The lowest BCUT2D eigenvalue weighted by Crippen LogP contribution is -1.98. The fourth-order valence-electron chi connectivity index (χ4n) is 1.67. The number of hydrogen-bond acceptors (Lipinski definition) is 3. The van der Waals surface area contributed by atoms with Crippen molar-refractivity contribution in [1.82, 2.24) is 14.5 Å². The fraction of sp³-hybridized carbons (Fsp3) is 0.250. The van der Waals surface area contributed by atoms with Crippen molar-refractivity contribution in [1.29, 1.82) is 0 Å². The van der Waals surface area contributed by atoms with Crippen LogP contribution >= 0.6 is 11.6 Å². The van der Waals surface area contributed by atoms with E-state index in [4.69, 9.17) is 16.7 Å². The first kappa shape index (κ1) is 12.6. The van der Waals surface area contributed by atoms with Gasteiger partial charge in [0.15, 0.2) is 0 Å². The van der Waals surface area contributed by atoms with Crippen LogP contribution in [0.2, 0.25) is 5.15 Å². The molecule has 2 heterocycles. The van der Waals surface area contributed by atoms with Crippen molar-refractivity contribution in [2.24, 2.45) is 7.05 Å². The van der Waals surface area contributed by atoms with E-state index in [0.29, 0.717) is 23.1 Å². The van der Waals surface area contributed by atoms with Crippen LogP contribution in [0.15, 0.2) is 24.5 Å². The van der Waals surface area contributed by atoms with Crippen LogP contribution in [0.5, 0.6) is 0 Å². The van der Waals surface area contributed by atoms with Crippen LogP contribution in [-0.4, -0.2) is 25.6 Å². The minimum atomic E-state index is -0.861. The van der Waals surface area contributed by atoms with E-state index in [1.165, 1.54) is 0 Å². The molecule has 0 aliphatic rings. The van der Waals surface area contributed by atoms with Gasteiger partial charge in [-0.15, -0.1) is 0 Å². The van der Waals surface area contributed by atoms with Gasteiger partial charge in [-0.1, -0.05) is 11.6 Å². The Morgan fingerprint density at radius 2 is 2.33 bits per heavy atom. The second kappa shape index (κ2) is 5.18. The number of aryl methyl sites for hydroxylation is 1. The lowest BCUT2D eigenvalue weighted by atomic mass is 10.2. The van der Waals surface area contributed by atoms with Gasteiger partial charge in [0.25, 0.3) is 0 Å². The number of halogens is 1. The summed E-state index contributed by atoms with van der Waals surface area (Å²) in [6.45, 7) is 0. The molecule has 0 spiro atoms. The second-order valence-electron chi connectivity index (χ2n) is 3.87. The SMILES string of the molecule is Cn1c(-c2cccnc2)nc(CCC(=O)O)c1Cl. The average molecular weight is 266 g/mol. The Morgan fingerprint density at radius 3 is 2.94 bits per heavy atom. The van der Waals surface area contributed by atoms with Gasteiger partial charge in [0.2, 0.25) is 0 Å². The lowest BCUT2D eigenvalue weighted by molar-refractivity contribution is -0.136. The van der Waals surface area contributed by atoms with Crippen LogP contribution in [0.3, 0.4) is 0 Å². The largest absolute Gasteiger partial charge is 0.481 e. The number of pyridine rings is 1. The van der Waals surface area contributed by atoms with Crippen molar-refractivity contribution in [3.63, 3.8) is 0 Å². The van der Waals surface area contributed by atoms with Crippen LogP contribution in [0.1, 0.15) is 12.1 Å². The maximum atomic E-state index is 10.6. The average Bonchev–Trinajstić information content (AvgIpc) is 2.65. The van der Waals surface area contributed by atoms with Crippen LogP contribution in [0, 0.1) is 0 Å². The molecule has 2 aromatic heterocycles. The van der Waals surface area contributed by atoms with Crippen molar-refractivity contribution in [3.05, 3.63) is 35.4 Å². The maximum Gasteiger partial charge on any atom is 0.303 e. The molecule has 18 heavy (non-hydrogen) atoms. The number of nitrogens with zero attached hydrogens (tertiary/aromatic N) is 3. The van der Waals surface area contributed by atoms with Crippen molar-refractivity contribution in [2.75, 3.05) is 0 Å². The molecular weight excluding hydrogens is 254 g/mol. The first-order valence-electron chi connectivity index (χ1n) is 5.43. The van der Waals surface area contributed by atoms with E-state index in [2.05, 4.69) is 9.97 Å². The number of carboxylic acid groups (broad SMARTS) is 1. The molecule has 94 valence electrons. The van der Waals surface area contributed by atoms with Gasteiger partial charge in [0.1, 0.15) is 11.0 Å². The highest BCUT2D eigenvalue weighted by Crippen LogP contribution is 2.24. The first-order valence-corrected chi connectivity index (χ1v) is 5.80. The highest BCUT2D eigenvalue weighted by Gasteiger charge is 2.15. The van der Waals surface area contributed by atoms with Gasteiger partial charge in [0.05, 0.1) is 12.1 Å². The molecule has 0 saturated heterocycles. The summed E-state index contributed by atoms with van der Waals surface area (Å²) < 4.78 is 1.73. The monoisotopic (exact) mass is 265 g/mol. The van der Waals surface area contributed by atoms with Gasteiger partial charge in [-0.05, 0) is 12.1 Å². The summed E-state index contributed by atoms with van der Waals surface area (Å²) in [6, 6.07) is 3.70. The maximum absolute atomic E-state index is 10.6. The van der Waals surface area contributed by atoms with E-state index in [-0.39, 0.29) is 6.42 Å². The predicted octanol–water partition coefficient (Wildman–Crippen LogP) is 2.15. The highest BCUT2D eigenvalue weighted by atomic mass is 35.5. The molecule has 0 amide bonds. The van der Waals surface area contributed by atoms with E-state index in [9.17, 15) is 4.79 Å². The molecule has 6 heteroatoms. The van der Waals surface area contributed by atoms with E-state index in [1.807, 2.05) is 12.1 Å². The van der Waals surface area contributed by atoms with E-state index in [0.717, 1.165) is 5.56 Å². The summed E-state index contributed by atoms with van der Waals surface area (Å²) in [5, 5.41) is 9.14. The molecule has 0 aliphatic heterocycles. The zero-order chi connectivity index (χ0) is 13.1. The van der Waals surface area contributed by atoms with Crippen LogP contribution in [-0.2, 0) is 18.3 Å². The molecule has 0 atom stereocenters. The Kier molecular flexibility index (Phi) is 3.62. The molecule has 0 bridgehead atoms. The summed E-state index contributed by atoms with van der Waals surface area (Å²) in [4.78, 5) is 19.0. The number of rotatable bonds is 4. The molecular formula is C12H12ClN3O2. The summed E-state index contributed by atoms with van der Waals surface area (Å²) in [7, 11) is 1.79. The molecule has 0 fully saturated rings. The summed E-state index contributed by atoms with van der Waals surface area (Å²) in [6.07, 6.45) is 3.71. The van der Waals surface area contributed by atoms with Crippen molar-refractivity contribution in [2.45, 2.75) is 12.8 Å². The third-order valence-corrected chi connectivity index (χ3v) is 3.06. The van der Waals surface area contributed by atoms with Gasteiger partial charge < -0.3 is 9.67 Å². The minimum absolute atomic E-state index is 0.0171. The molecule has 0 radical (unpaired) electrons. The molecule has 2 rings (SSSR count). The standard InChI is InChI=1S/C12H12ClN3O2/c1-16-11(13)9(4-5-10(17)18)15-12(16)8-3-2-6-14-7-8/h2-3,6-7H,4-5H2,1H3,(H,17,18). The van der Waals surface area contributed by atoms with Gasteiger partial charge in [-0.25, -0.2) is 4.98 Å². The molecule has 2 aromatic rings. The number of imidazole rings is 1. The first-order chi connectivity index (χ1) is 8.59. The zero-order valence-corrected chi connectivity index (χ0v) is 10.6. The molecule has 5 nitrogen and oxygen atoms in total.